The second-order valence-corrected chi connectivity index (χ2v) is 6.87. The fourth-order valence-electron chi connectivity index (χ4n) is 2.99. The van der Waals surface area contributed by atoms with Gasteiger partial charge in [0.05, 0.1) is 17.3 Å². The van der Waals surface area contributed by atoms with Gasteiger partial charge in [-0.1, -0.05) is 23.7 Å². The van der Waals surface area contributed by atoms with E-state index in [1.165, 1.54) is 18.3 Å². The summed E-state index contributed by atoms with van der Waals surface area (Å²) in [7, 11) is 0. The molecule has 2 amide bonds. The maximum atomic E-state index is 13.6. The van der Waals surface area contributed by atoms with Crippen LogP contribution in [0.3, 0.4) is 0 Å². The van der Waals surface area contributed by atoms with Gasteiger partial charge in [-0.15, -0.1) is 0 Å². The Morgan fingerprint density at radius 2 is 1.89 bits per heavy atom. The first-order chi connectivity index (χ1) is 13.0. The monoisotopic (exact) mass is 390 g/mol. The molecule has 1 aromatic carbocycles. The number of carbonyl (C=O) groups excluding carboxylic acids is 2. The van der Waals surface area contributed by atoms with Crippen LogP contribution >= 0.6 is 11.6 Å². The summed E-state index contributed by atoms with van der Waals surface area (Å²) >= 11 is 5.78. The minimum absolute atomic E-state index is 0.0831. The van der Waals surface area contributed by atoms with Gasteiger partial charge >= 0.3 is 0 Å². The summed E-state index contributed by atoms with van der Waals surface area (Å²) in [6.45, 7) is 1.41. The van der Waals surface area contributed by atoms with Crippen LogP contribution in [0.25, 0.3) is 0 Å². The van der Waals surface area contributed by atoms with Crippen molar-refractivity contribution in [2.24, 2.45) is 5.92 Å². The van der Waals surface area contributed by atoms with E-state index in [1.807, 2.05) is 4.90 Å². The minimum atomic E-state index is -0.461. The van der Waals surface area contributed by atoms with Crippen LogP contribution in [0.4, 0.5) is 15.9 Å². The van der Waals surface area contributed by atoms with Gasteiger partial charge in [-0.2, -0.15) is 0 Å². The Bertz CT molecular complexity index is 808. The molecule has 0 bridgehead atoms. The molecule has 142 valence electrons. The number of aromatic nitrogens is 1. The standard InChI is InChI=1S/C19H20ClFN4O2/c20-14-5-6-17(22-11-14)24-19(27)13-7-9-25(10-8-13)12-18(26)23-16-4-2-1-3-15(16)21/h1-6,11,13H,7-10,12H2,(H,23,26)(H,22,24,27). The van der Waals surface area contributed by atoms with E-state index in [1.54, 1.807) is 24.3 Å². The van der Waals surface area contributed by atoms with Crippen LogP contribution in [0.15, 0.2) is 42.6 Å². The zero-order valence-corrected chi connectivity index (χ0v) is 15.4. The number of rotatable bonds is 5. The Kier molecular flexibility index (Phi) is 6.36. The normalized spacial score (nSPS) is 15.3. The Hall–Kier alpha value is -2.51. The van der Waals surface area contributed by atoms with E-state index >= 15 is 0 Å². The highest BCUT2D eigenvalue weighted by Crippen LogP contribution is 2.20. The highest BCUT2D eigenvalue weighted by atomic mass is 35.5. The molecule has 1 fully saturated rings. The molecule has 0 unspecified atom stereocenters. The van der Waals surface area contributed by atoms with Crippen LogP contribution in [0.2, 0.25) is 5.02 Å². The molecule has 2 heterocycles. The summed E-state index contributed by atoms with van der Waals surface area (Å²) in [6.07, 6.45) is 2.77. The van der Waals surface area contributed by atoms with Crippen LogP contribution in [0.5, 0.6) is 0 Å². The maximum absolute atomic E-state index is 13.6. The number of amides is 2. The average Bonchev–Trinajstić information content (AvgIpc) is 2.66. The number of anilines is 2. The van der Waals surface area contributed by atoms with Gasteiger partial charge < -0.3 is 10.6 Å². The summed E-state index contributed by atoms with van der Waals surface area (Å²) in [6, 6.07) is 9.38. The lowest BCUT2D eigenvalue weighted by molar-refractivity contribution is -0.121. The number of para-hydroxylation sites is 1. The predicted octanol–water partition coefficient (Wildman–Crippen LogP) is 3.16. The number of hydrogen-bond donors (Lipinski definition) is 2. The second-order valence-electron chi connectivity index (χ2n) is 6.43. The molecular weight excluding hydrogens is 371 g/mol. The van der Waals surface area contributed by atoms with Crippen molar-refractivity contribution in [2.75, 3.05) is 30.3 Å². The van der Waals surface area contributed by atoms with Gasteiger partial charge in [-0.25, -0.2) is 9.37 Å². The quantitative estimate of drug-likeness (QED) is 0.822. The van der Waals surface area contributed by atoms with Crippen molar-refractivity contribution < 1.29 is 14.0 Å². The smallest absolute Gasteiger partial charge is 0.238 e. The second kappa shape index (κ2) is 8.92. The van der Waals surface area contributed by atoms with Crippen LogP contribution in [-0.2, 0) is 9.59 Å². The third-order valence-electron chi connectivity index (χ3n) is 4.45. The summed E-state index contributed by atoms with van der Waals surface area (Å²) in [4.78, 5) is 30.5. The third-order valence-corrected chi connectivity index (χ3v) is 4.68. The molecule has 1 aliphatic rings. The zero-order chi connectivity index (χ0) is 19.2. The topological polar surface area (TPSA) is 74.3 Å². The summed E-state index contributed by atoms with van der Waals surface area (Å²) < 4.78 is 13.6. The molecule has 1 aliphatic heterocycles. The number of likely N-dealkylation sites (tertiary alicyclic amines) is 1. The first kappa shape index (κ1) is 19.3. The average molecular weight is 391 g/mol. The van der Waals surface area contributed by atoms with E-state index in [2.05, 4.69) is 15.6 Å². The van der Waals surface area contributed by atoms with E-state index in [4.69, 9.17) is 11.6 Å². The van der Waals surface area contributed by atoms with Crippen molar-refractivity contribution in [1.29, 1.82) is 0 Å². The largest absolute Gasteiger partial charge is 0.322 e. The predicted molar refractivity (Wildman–Crippen MR) is 102 cm³/mol. The zero-order valence-electron chi connectivity index (χ0n) is 14.6. The fraction of sp³-hybridized carbons (Fsp3) is 0.316. The summed E-state index contributed by atoms with van der Waals surface area (Å²) in [5.74, 6) is -0.477. The Balaban J connectivity index is 1.44. The number of piperidine rings is 1. The molecular formula is C19H20ClFN4O2. The highest BCUT2D eigenvalue weighted by Gasteiger charge is 2.26. The fourth-order valence-corrected chi connectivity index (χ4v) is 3.10. The number of carbonyl (C=O) groups is 2. The third kappa shape index (κ3) is 5.48. The molecule has 0 atom stereocenters. The van der Waals surface area contributed by atoms with E-state index in [-0.39, 0.29) is 30.0 Å². The molecule has 0 aliphatic carbocycles. The van der Waals surface area contributed by atoms with Gasteiger partial charge in [0, 0.05) is 12.1 Å². The number of nitrogens with zero attached hydrogens (tertiary/aromatic N) is 2. The molecule has 3 rings (SSSR count). The van der Waals surface area contributed by atoms with Crippen molar-refractivity contribution in [1.82, 2.24) is 9.88 Å². The number of nitrogens with one attached hydrogen (secondary N) is 2. The Morgan fingerprint density at radius 3 is 2.56 bits per heavy atom. The highest BCUT2D eigenvalue weighted by molar-refractivity contribution is 6.30. The van der Waals surface area contributed by atoms with E-state index in [9.17, 15) is 14.0 Å². The molecule has 1 aromatic heterocycles. The van der Waals surface area contributed by atoms with Crippen molar-refractivity contribution in [3.8, 4) is 0 Å². The first-order valence-corrected chi connectivity index (χ1v) is 9.08. The van der Waals surface area contributed by atoms with Crippen molar-refractivity contribution in [3.05, 3.63) is 53.4 Å². The molecule has 2 N–H and O–H groups in total. The molecule has 27 heavy (non-hydrogen) atoms. The van der Waals surface area contributed by atoms with Gasteiger partial charge in [-0.05, 0) is 50.2 Å². The lowest BCUT2D eigenvalue weighted by Crippen LogP contribution is -2.41. The molecule has 0 spiro atoms. The summed E-state index contributed by atoms with van der Waals surface area (Å²) in [5.41, 5.74) is 0.173. The molecule has 2 aromatic rings. The van der Waals surface area contributed by atoms with Gasteiger partial charge in [0.2, 0.25) is 11.8 Å². The Morgan fingerprint density at radius 1 is 1.15 bits per heavy atom. The van der Waals surface area contributed by atoms with Crippen LogP contribution in [-0.4, -0.2) is 41.3 Å². The lowest BCUT2D eigenvalue weighted by Gasteiger charge is -2.30. The van der Waals surface area contributed by atoms with E-state index in [0.717, 1.165) is 0 Å². The minimum Gasteiger partial charge on any atom is -0.322 e. The van der Waals surface area contributed by atoms with Gasteiger partial charge in [-0.3, -0.25) is 14.5 Å². The first-order valence-electron chi connectivity index (χ1n) is 8.70. The van der Waals surface area contributed by atoms with Crippen LogP contribution in [0.1, 0.15) is 12.8 Å². The Labute approximate surface area is 161 Å². The number of halogens is 2. The lowest BCUT2D eigenvalue weighted by atomic mass is 9.96. The van der Waals surface area contributed by atoms with Crippen LogP contribution in [0, 0.1) is 11.7 Å². The molecule has 0 saturated carbocycles. The number of pyridine rings is 1. The van der Waals surface area contributed by atoms with Crippen molar-refractivity contribution in [2.45, 2.75) is 12.8 Å². The van der Waals surface area contributed by atoms with Gasteiger partial charge in [0.25, 0.3) is 0 Å². The maximum Gasteiger partial charge on any atom is 0.238 e. The van der Waals surface area contributed by atoms with Gasteiger partial charge in [0.15, 0.2) is 0 Å². The van der Waals surface area contributed by atoms with Crippen LogP contribution < -0.4 is 10.6 Å². The van der Waals surface area contributed by atoms with E-state index in [0.29, 0.717) is 36.8 Å². The molecule has 1 saturated heterocycles. The molecule has 6 nitrogen and oxygen atoms in total. The van der Waals surface area contributed by atoms with E-state index < -0.39 is 5.82 Å². The number of benzene rings is 1. The number of hydrogen-bond acceptors (Lipinski definition) is 4. The van der Waals surface area contributed by atoms with Gasteiger partial charge in [0.1, 0.15) is 11.6 Å². The molecule has 0 radical (unpaired) electrons. The molecule has 8 heteroatoms. The summed E-state index contributed by atoms with van der Waals surface area (Å²) in [5, 5.41) is 5.87. The SMILES string of the molecule is O=C(CN1CCC(C(=O)Nc2ccc(Cl)cn2)CC1)Nc1ccccc1F. The van der Waals surface area contributed by atoms with Crippen molar-refractivity contribution >= 4 is 34.9 Å². The van der Waals surface area contributed by atoms with Crippen molar-refractivity contribution in [3.63, 3.8) is 0 Å².